The van der Waals surface area contributed by atoms with E-state index in [1.54, 1.807) is 11.3 Å². The first kappa shape index (κ1) is 13.9. The zero-order chi connectivity index (χ0) is 14.6. The molecule has 2 atom stereocenters. The van der Waals surface area contributed by atoms with Gasteiger partial charge in [0, 0.05) is 30.7 Å². The molecule has 0 bridgehead atoms. The molecule has 0 spiro atoms. The van der Waals surface area contributed by atoms with E-state index in [1.807, 2.05) is 0 Å². The molecule has 1 saturated heterocycles. The van der Waals surface area contributed by atoms with Gasteiger partial charge in [-0.15, -0.1) is 0 Å². The van der Waals surface area contributed by atoms with E-state index in [9.17, 15) is 0 Å². The Bertz CT molecular complexity index is 547. The molecule has 1 aromatic rings. The molecule has 0 amide bonds. The molecule has 2 aliphatic rings. The zero-order valence-electron chi connectivity index (χ0n) is 13.9. The van der Waals surface area contributed by atoms with Crippen molar-refractivity contribution in [3.63, 3.8) is 0 Å². The molecule has 1 aromatic carbocycles. The summed E-state index contributed by atoms with van der Waals surface area (Å²) in [5.74, 6) is 0.675. The Morgan fingerprint density at radius 1 is 0.850 bits per heavy atom. The van der Waals surface area contributed by atoms with Crippen LogP contribution in [0.25, 0.3) is 0 Å². The molecule has 2 heterocycles. The Labute approximate surface area is 123 Å². The summed E-state index contributed by atoms with van der Waals surface area (Å²) < 4.78 is 0. The van der Waals surface area contributed by atoms with Gasteiger partial charge in [0.2, 0.25) is 0 Å². The smallest absolute Gasteiger partial charge is 0.0440 e. The highest BCUT2D eigenvalue weighted by molar-refractivity contribution is 5.72. The molecular formula is C18H28N2. The lowest BCUT2D eigenvalue weighted by atomic mass is 9.86. The van der Waals surface area contributed by atoms with Crippen molar-refractivity contribution >= 4 is 5.69 Å². The van der Waals surface area contributed by atoms with Gasteiger partial charge in [0.1, 0.15) is 0 Å². The van der Waals surface area contributed by atoms with Gasteiger partial charge in [0.05, 0.1) is 0 Å². The molecule has 110 valence electrons. The quantitative estimate of drug-likeness (QED) is 0.712. The number of fused-ring (bicyclic) bond motifs is 3. The Hall–Kier alpha value is -1.02. The number of nitrogens with zero attached hydrogens (tertiary/aromatic N) is 2. The molecule has 2 heteroatoms. The molecule has 0 aromatic heterocycles. The van der Waals surface area contributed by atoms with E-state index in [0.29, 0.717) is 12.0 Å². The highest BCUT2D eigenvalue weighted by atomic mass is 15.2. The lowest BCUT2D eigenvalue weighted by molar-refractivity contribution is 0.351. The number of benzene rings is 1. The van der Waals surface area contributed by atoms with Crippen LogP contribution in [0, 0.1) is 27.7 Å². The summed E-state index contributed by atoms with van der Waals surface area (Å²) in [4.78, 5) is 5.20. The summed E-state index contributed by atoms with van der Waals surface area (Å²) in [6.45, 7) is 15.3. The Kier molecular flexibility index (Phi) is 3.32. The van der Waals surface area contributed by atoms with Crippen LogP contribution >= 0.6 is 0 Å². The molecule has 0 aliphatic carbocycles. The van der Waals surface area contributed by atoms with Crippen LogP contribution < -0.4 is 4.90 Å². The highest BCUT2D eigenvalue weighted by Crippen LogP contribution is 2.48. The van der Waals surface area contributed by atoms with E-state index < -0.39 is 0 Å². The predicted octanol–water partition coefficient (Wildman–Crippen LogP) is 3.55. The Morgan fingerprint density at radius 2 is 1.50 bits per heavy atom. The Balaban J connectivity index is 2.17. The van der Waals surface area contributed by atoms with E-state index in [-0.39, 0.29) is 0 Å². The number of anilines is 1. The number of hydrogen-bond acceptors (Lipinski definition) is 2. The van der Waals surface area contributed by atoms with Crippen LogP contribution in [0.15, 0.2) is 0 Å². The first-order chi connectivity index (χ1) is 9.43. The summed E-state index contributed by atoms with van der Waals surface area (Å²) in [5.41, 5.74) is 9.26. The fraction of sp³-hybridized carbons (Fsp3) is 0.667. The molecule has 1 fully saturated rings. The highest BCUT2D eigenvalue weighted by Gasteiger charge is 2.39. The fourth-order valence-corrected chi connectivity index (χ4v) is 4.30. The maximum Gasteiger partial charge on any atom is 0.0440 e. The lowest BCUT2D eigenvalue weighted by Crippen LogP contribution is -2.34. The minimum Gasteiger partial charge on any atom is -0.366 e. The van der Waals surface area contributed by atoms with Crippen LogP contribution in [-0.2, 0) is 0 Å². The van der Waals surface area contributed by atoms with Gasteiger partial charge in [-0.3, -0.25) is 0 Å². The minimum absolute atomic E-state index is 0.675. The molecule has 20 heavy (non-hydrogen) atoms. The lowest BCUT2D eigenvalue weighted by Gasteiger charge is -2.28. The number of likely N-dealkylation sites (N-methyl/N-ethyl adjacent to an activating group) is 1. The minimum atomic E-state index is 0.675. The van der Waals surface area contributed by atoms with E-state index in [4.69, 9.17) is 0 Å². The average Bonchev–Trinajstić information content (AvgIpc) is 2.56. The predicted molar refractivity (Wildman–Crippen MR) is 87.1 cm³/mol. The monoisotopic (exact) mass is 272 g/mol. The zero-order valence-corrected chi connectivity index (χ0v) is 13.9. The summed E-state index contributed by atoms with van der Waals surface area (Å²) in [6, 6.07) is 0.702. The second-order valence-corrected chi connectivity index (χ2v) is 6.90. The van der Waals surface area contributed by atoms with Crippen LogP contribution in [0.4, 0.5) is 5.69 Å². The van der Waals surface area contributed by atoms with Gasteiger partial charge in [0.15, 0.2) is 0 Å². The van der Waals surface area contributed by atoms with Crippen molar-refractivity contribution in [3.05, 3.63) is 27.8 Å². The maximum atomic E-state index is 2.72. The van der Waals surface area contributed by atoms with E-state index in [1.165, 1.54) is 48.3 Å². The van der Waals surface area contributed by atoms with Crippen molar-refractivity contribution in [3.8, 4) is 0 Å². The van der Waals surface area contributed by atoms with Gasteiger partial charge >= 0.3 is 0 Å². The fourth-order valence-electron chi connectivity index (χ4n) is 4.30. The van der Waals surface area contributed by atoms with Crippen LogP contribution in [0.3, 0.4) is 0 Å². The topological polar surface area (TPSA) is 6.48 Å². The van der Waals surface area contributed by atoms with Crippen LogP contribution in [0.5, 0.6) is 0 Å². The third-order valence-electron chi connectivity index (χ3n) is 5.95. The number of hydrogen-bond donors (Lipinski definition) is 0. The van der Waals surface area contributed by atoms with Crippen LogP contribution in [0.2, 0.25) is 0 Å². The van der Waals surface area contributed by atoms with Crippen LogP contribution in [0.1, 0.15) is 47.1 Å². The molecular weight excluding hydrogens is 244 g/mol. The van der Waals surface area contributed by atoms with Crippen LogP contribution in [-0.4, -0.2) is 37.6 Å². The van der Waals surface area contributed by atoms with Gasteiger partial charge in [-0.1, -0.05) is 6.92 Å². The van der Waals surface area contributed by atoms with Crippen molar-refractivity contribution in [2.75, 3.05) is 31.6 Å². The van der Waals surface area contributed by atoms with Crippen molar-refractivity contribution in [1.82, 2.24) is 4.90 Å². The standard InChI is InChI=1S/C18H28N2/c1-11-12(2)14(4)18-17(13(11)3)15(5)16-7-8-19(6)9-10-20(16)18/h15-16H,7-10H2,1-6H3. The van der Waals surface area contributed by atoms with Gasteiger partial charge < -0.3 is 9.80 Å². The molecule has 2 unspecified atom stereocenters. The normalized spacial score (nSPS) is 26.4. The Morgan fingerprint density at radius 3 is 2.20 bits per heavy atom. The van der Waals surface area contributed by atoms with Gasteiger partial charge in [-0.05, 0) is 75.5 Å². The summed E-state index contributed by atoms with van der Waals surface area (Å²) in [6.07, 6.45) is 1.29. The molecule has 3 rings (SSSR count). The second-order valence-electron chi connectivity index (χ2n) is 6.90. The first-order valence-electron chi connectivity index (χ1n) is 7.99. The second kappa shape index (κ2) is 4.77. The summed E-state index contributed by atoms with van der Waals surface area (Å²) >= 11 is 0. The third kappa shape index (κ3) is 1.81. The third-order valence-corrected chi connectivity index (χ3v) is 5.95. The van der Waals surface area contributed by atoms with Gasteiger partial charge in [-0.2, -0.15) is 0 Å². The average molecular weight is 272 g/mol. The van der Waals surface area contributed by atoms with Gasteiger partial charge in [-0.25, -0.2) is 0 Å². The molecule has 0 saturated carbocycles. The van der Waals surface area contributed by atoms with E-state index in [2.05, 4.69) is 51.5 Å². The first-order valence-corrected chi connectivity index (χ1v) is 7.99. The molecule has 0 radical (unpaired) electrons. The summed E-state index contributed by atoms with van der Waals surface area (Å²) in [7, 11) is 2.26. The number of rotatable bonds is 0. The van der Waals surface area contributed by atoms with Gasteiger partial charge in [0.25, 0.3) is 0 Å². The molecule has 0 N–H and O–H groups in total. The van der Waals surface area contributed by atoms with Crippen molar-refractivity contribution in [2.24, 2.45) is 0 Å². The molecule has 2 nitrogen and oxygen atoms in total. The molecule has 2 aliphatic heterocycles. The SMILES string of the molecule is Cc1c(C)c(C)c2c(c1C)C(C)C1CCN(C)CCN21. The van der Waals surface area contributed by atoms with E-state index in [0.717, 1.165) is 0 Å². The van der Waals surface area contributed by atoms with Crippen molar-refractivity contribution in [2.45, 2.75) is 53.0 Å². The summed E-state index contributed by atoms with van der Waals surface area (Å²) in [5, 5.41) is 0. The van der Waals surface area contributed by atoms with Crippen molar-refractivity contribution < 1.29 is 0 Å². The van der Waals surface area contributed by atoms with E-state index >= 15 is 0 Å². The maximum absolute atomic E-state index is 2.72. The largest absolute Gasteiger partial charge is 0.366 e. The van der Waals surface area contributed by atoms with Crippen molar-refractivity contribution in [1.29, 1.82) is 0 Å².